The molecular weight excluding hydrogens is 262 g/mol. The predicted molar refractivity (Wildman–Crippen MR) is 72.0 cm³/mol. The average Bonchev–Trinajstić information content (AvgIpc) is 2.41. The van der Waals surface area contributed by atoms with Crippen LogP contribution in [0.2, 0.25) is 0 Å². The Bertz CT molecular complexity index is 607. The summed E-state index contributed by atoms with van der Waals surface area (Å²) >= 11 is 0. The van der Waals surface area contributed by atoms with Crippen LogP contribution >= 0.6 is 0 Å². The third-order valence-electron chi connectivity index (χ3n) is 3.55. The van der Waals surface area contributed by atoms with Crippen molar-refractivity contribution in [2.24, 2.45) is 0 Å². The number of hydrogen-bond acceptors (Lipinski definition) is 4. The Kier molecular flexibility index (Phi) is 3.90. The molecule has 1 atom stereocenters. The summed E-state index contributed by atoms with van der Waals surface area (Å²) in [6, 6.07) is 8.47. The van der Waals surface area contributed by atoms with Crippen LogP contribution in [0.3, 0.4) is 0 Å². The standard InChI is InChI=1S/C13H17N3O2S/c1-11-10-16(8-7-15(11)2)19(17,18)13-6-4-3-5-12(13)9-14/h3-6,11H,7-8,10H2,1-2H3. The normalized spacial score (nSPS) is 22.1. The molecule has 19 heavy (non-hydrogen) atoms. The maximum atomic E-state index is 12.6. The summed E-state index contributed by atoms with van der Waals surface area (Å²) in [6.07, 6.45) is 0. The molecule has 1 aliphatic rings. The number of likely N-dealkylation sites (N-methyl/N-ethyl adjacent to an activating group) is 1. The van der Waals surface area contributed by atoms with E-state index in [1.54, 1.807) is 12.1 Å². The summed E-state index contributed by atoms with van der Waals surface area (Å²) in [5.41, 5.74) is 0.203. The second kappa shape index (κ2) is 5.29. The van der Waals surface area contributed by atoms with Crippen LogP contribution in [0.5, 0.6) is 0 Å². The van der Waals surface area contributed by atoms with E-state index in [1.807, 2.05) is 20.0 Å². The fourth-order valence-corrected chi connectivity index (χ4v) is 3.81. The van der Waals surface area contributed by atoms with Gasteiger partial charge >= 0.3 is 0 Å². The molecule has 1 aromatic carbocycles. The quantitative estimate of drug-likeness (QED) is 0.806. The lowest BCUT2D eigenvalue weighted by atomic mass is 10.2. The van der Waals surface area contributed by atoms with Crippen molar-refractivity contribution in [2.75, 3.05) is 26.7 Å². The number of nitriles is 1. The van der Waals surface area contributed by atoms with Gasteiger partial charge in [-0.15, -0.1) is 0 Å². The molecular formula is C13H17N3O2S. The van der Waals surface area contributed by atoms with Crippen LogP contribution in [0.15, 0.2) is 29.2 Å². The highest BCUT2D eigenvalue weighted by molar-refractivity contribution is 7.89. The Morgan fingerprint density at radius 2 is 2.00 bits per heavy atom. The molecule has 6 heteroatoms. The smallest absolute Gasteiger partial charge is 0.244 e. The Labute approximate surface area is 114 Å². The average molecular weight is 279 g/mol. The molecule has 0 radical (unpaired) electrons. The van der Waals surface area contributed by atoms with Crippen LogP contribution in [0.4, 0.5) is 0 Å². The molecule has 0 amide bonds. The van der Waals surface area contributed by atoms with Crippen molar-refractivity contribution in [2.45, 2.75) is 17.9 Å². The molecule has 0 aliphatic carbocycles. The number of rotatable bonds is 2. The van der Waals surface area contributed by atoms with Gasteiger partial charge in [-0.05, 0) is 26.1 Å². The Morgan fingerprint density at radius 1 is 1.32 bits per heavy atom. The molecule has 0 aromatic heterocycles. The molecule has 0 N–H and O–H groups in total. The van der Waals surface area contributed by atoms with Gasteiger partial charge in [0.2, 0.25) is 10.0 Å². The summed E-state index contributed by atoms with van der Waals surface area (Å²) in [5, 5.41) is 9.03. The van der Waals surface area contributed by atoms with E-state index in [-0.39, 0.29) is 16.5 Å². The minimum atomic E-state index is -3.58. The molecule has 1 heterocycles. The van der Waals surface area contributed by atoms with Crippen LogP contribution in [0.25, 0.3) is 0 Å². The van der Waals surface area contributed by atoms with Gasteiger partial charge in [0.05, 0.1) is 10.5 Å². The zero-order valence-electron chi connectivity index (χ0n) is 11.1. The first-order valence-corrected chi connectivity index (χ1v) is 7.60. The summed E-state index contributed by atoms with van der Waals surface area (Å²) in [5.74, 6) is 0. The summed E-state index contributed by atoms with van der Waals surface area (Å²) in [6.45, 7) is 3.62. The maximum Gasteiger partial charge on any atom is 0.244 e. The zero-order chi connectivity index (χ0) is 14.0. The number of nitrogens with zero attached hydrogens (tertiary/aromatic N) is 3. The maximum absolute atomic E-state index is 12.6. The van der Waals surface area contributed by atoms with Crippen LogP contribution in [0, 0.1) is 11.3 Å². The molecule has 1 aliphatic heterocycles. The van der Waals surface area contributed by atoms with Crippen molar-refractivity contribution < 1.29 is 8.42 Å². The highest BCUT2D eigenvalue weighted by Gasteiger charge is 2.32. The number of benzene rings is 1. The van der Waals surface area contributed by atoms with Gasteiger partial charge in [-0.2, -0.15) is 9.57 Å². The predicted octanol–water partition coefficient (Wildman–Crippen LogP) is 0.883. The topological polar surface area (TPSA) is 64.4 Å². The second-order valence-corrected chi connectivity index (χ2v) is 6.71. The van der Waals surface area contributed by atoms with E-state index >= 15 is 0 Å². The van der Waals surface area contributed by atoms with E-state index in [0.717, 1.165) is 0 Å². The Morgan fingerprint density at radius 3 is 2.63 bits per heavy atom. The fraction of sp³-hybridized carbons (Fsp3) is 0.462. The Hall–Kier alpha value is -1.42. The number of hydrogen-bond donors (Lipinski definition) is 0. The second-order valence-electron chi connectivity index (χ2n) is 4.80. The number of piperazine rings is 1. The zero-order valence-corrected chi connectivity index (χ0v) is 11.9. The first kappa shape index (κ1) is 14.0. The van der Waals surface area contributed by atoms with E-state index in [4.69, 9.17) is 5.26 Å². The number of sulfonamides is 1. The van der Waals surface area contributed by atoms with Crippen molar-refractivity contribution >= 4 is 10.0 Å². The van der Waals surface area contributed by atoms with Crippen LogP contribution in [-0.2, 0) is 10.0 Å². The van der Waals surface area contributed by atoms with E-state index in [0.29, 0.717) is 19.6 Å². The van der Waals surface area contributed by atoms with Crippen molar-refractivity contribution in [3.05, 3.63) is 29.8 Å². The molecule has 102 valence electrons. The third-order valence-corrected chi connectivity index (χ3v) is 5.47. The first-order chi connectivity index (χ1) is 8.96. The van der Waals surface area contributed by atoms with Gasteiger partial charge in [0, 0.05) is 25.7 Å². The largest absolute Gasteiger partial charge is 0.301 e. The monoisotopic (exact) mass is 279 g/mol. The van der Waals surface area contributed by atoms with Crippen molar-refractivity contribution in [3.8, 4) is 6.07 Å². The van der Waals surface area contributed by atoms with Crippen LogP contribution in [0.1, 0.15) is 12.5 Å². The molecule has 1 aromatic rings. The van der Waals surface area contributed by atoms with Gasteiger partial charge in [0.25, 0.3) is 0 Å². The molecule has 1 saturated heterocycles. The Balaban J connectivity index is 2.36. The van der Waals surface area contributed by atoms with Gasteiger partial charge in [0.1, 0.15) is 6.07 Å². The van der Waals surface area contributed by atoms with Gasteiger partial charge in [0.15, 0.2) is 0 Å². The lowest BCUT2D eigenvalue weighted by molar-refractivity contribution is 0.159. The molecule has 0 bridgehead atoms. The highest BCUT2D eigenvalue weighted by atomic mass is 32.2. The van der Waals surface area contributed by atoms with E-state index in [2.05, 4.69) is 4.90 Å². The first-order valence-electron chi connectivity index (χ1n) is 6.16. The highest BCUT2D eigenvalue weighted by Crippen LogP contribution is 2.22. The van der Waals surface area contributed by atoms with Crippen LogP contribution in [-0.4, -0.2) is 50.3 Å². The van der Waals surface area contributed by atoms with E-state index in [9.17, 15) is 8.42 Å². The lowest BCUT2D eigenvalue weighted by Crippen LogP contribution is -2.51. The van der Waals surface area contributed by atoms with Gasteiger partial charge < -0.3 is 4.90 Å². The van der Waals surface area contributed by atoms with E-state index in [1.165, 1.54) is 16.4 Å². The molecule has 1 fully saturated rings. The molecule has 0 spiro atoms. The summed E-state index contributed by atoms with van der Waals surface area (Å²) in [4.78, 5) is 2.23. The summed E-state index contributed by atoms with van der Waals surface area (Å²) < 4.78 is 26.6. The van der Waals surface area contributed by atoms with E-state index < -0.39 is 10.0 Å². The summed E-state index contributed by atoms with van der Waals surface area (Å²) in [7, 11) is -1.59. The molecule has 2 rings (SSSR count). The van der Waals surface area contributed by atoms with Gasteiger partial charge in [-0.25, -0.2) is 8.42 Å². The van der Waals surface area contributed by atoms with Gasteiger partial charge in [-0.1, -0.05) is 12.1 Å². The minimum Gasteiger partial charge on any atom is -0.301 e. The van der Waals surface area contributed by atoms with Crippen molar-refractivity contribution in [3.63, 3.8) is 0 Å². The minimum absolute atomic E-state index is 0.106. The molecule has 5 nitrogen and oxygen atoms in total. The lowest BCUT2D eigenvalue weighted by Gasteiger charge is -2.36. The SMILES string of the molecule is CC1CN(S(=O)(=O)c2ccccc2C#N)CCN1C. The molecule has 1 unspecified atom stereocenters. The van der Waals surface area contributed by atoms with Crippen LogP contribution < -0.4 is 0 Å². The van der Waals surface area contributed by atoms with Gasteiger partial charge in [-0.3, -0.25) is 0 Å². The van der Waals surface area contributed by atoms with Crippen molar-refractivity contribution in [1.82, 2.24) is 9.21 Å². The third kappa shape index (κ3) is 2.63. The molecule has 0 saturated carbocycles. The van der Waals surface area contributed by atoms with Crippen molar-refractivity contribution in [1.29, 1.82) is 5.26 Å². The fourth-order valence-electron chi connectivity index (χ4n) is 2.16.